The molecule has 3 N–H and O–H groups in total. The smallest absolute Gasteiger partial charge is 0.323 e. The van der Waals surface area contributed by atoms with Gasteiger partial charge in [0.1, 0.15) is 5.54 Å². The predicted molar refractivity (Wildman–Crippen MR) is 60.1 cm³/mol. The first-order valence-electron chi connectivity index (χ1n) is 5.86. The number of amides is 1. The Morgan fingerprint density at radius 1 is 1.38 bits per heavy atom. The van der Waals surface area contributed by atoms with E-state index in [2.05, 4.69) is 17.6 Å². The average molecular weight is 228 g/mol. The molecule has 0 aromatic carbocycles. The number of unbranched alkanes of at least 4 members (excludes halogenated alkanes) is 1. The van der Waals surface area contributed by atoms with Crippen LogP contribution in [0.5, 0.6) is 0 Å². The van der Waals surface area contributed by atoms with Gasteiger partial charge in [-0.25, -0.2) is 0 Å². The Morgan fingerprint density at radius 2 is 2.06 bits per heavy atom. The molecule has 1 aliphatic rings. The van der Waals surface area contributed by atoms with Gasteiger partial charge in [-0.2, -0.15) is 0 Å². The maximum absolute atomic E-state index is 11.4. The molecule has 16 heavy (non-hydrogen) atoms. The van der Waals surface area contributed by atoms with Crippen LogP contribution < -0.4 is 10.6 Å². The third kappa shape index (κ3) is 3.20. The Balaban J connectivity index is 2.22. The molecule has 0 spiro atoms. The van der Waals surface area contributed by atoms with Crippen molar-refractivity contribution < 1.29 is 14.7 Å². The van der Waals surface area contributed by atoms with E-state index in [9.17, 15) is 9.59 Å². The quantitative estimate of drug-likeness (QED) is 0.554. The lowest BCUT2D eigenvalue weighted by Gasteiger charge is -2.38. The van der Waals surface area contributed by atoms with Crippen LogP contribution in [0.25, 0.3) is 0 Å². The maximum atomic E-state index is 11.4. The fourth-order valence-electron chi connectivity index (χ4n) is 1.71. The van der Waals surface area contributed by atoms with Crippen molar-refractivity contribution in [3.63, 3.8) is 0 Å². The van der Waals surface area contributed by atoms with Gasteiger partial charge in [0.2, 0.25) is 5.91 Å². The maximum Gasteiger partial charge on any atom is 0.323 e. The van der Waals surface area contributed by atoms with Gasteiger partial charge < -0.3 is 10.4 Å². The molecule has 92 valence electrons. The van der Waals surface area contributed by atoms with Crippen LogP contribution >= 0.6 is 0 Å². The van der Waals surface area contributed by atoms with Gasteiger partial charge in [0.15, 0.2) is 0 Å². The van der Waals surface area contributed by atoms with Crippen LogP contribution in [0, 0.1) is 0 Å². The van der Waals surface area contributed by atoms with Crippen molar-refractivity contribution in [2.75, 3.05) is 13.1 Å². The number of carboxylic acids is 1. The Morgan fingerprint density at radius 3 is 2.50 bits per heavy atom. The molecule has 0 radical (unpaired) electrons. The first-order valence-corrected chi connectivity index (χ1v) is 5.86. The van der Waals surface area contributed by atoms with Crippen LogP contribution in [0.15, 0.2) is 0 Å². The zero-order valence-corrected chi connectivity index (χ0v) is 9.71. The second-order valence-corrected chi connectivity index (χ2v) is 4.30. The zero-order valence-electron chi connectivity index (χ0n) is 9.71. The number of hydrogen-bond donors (Lipinski definition) is 3. The summed E-state index contributed by atoms with van der Waals surface area (Å²) in [5.74, 6) is -0.971. The van der Waals surface area contributed by atoms with Crippen LogP contribution in [0.4, 0.5) is 0 Å². The third-order valence-corrected chi connectivity index (χ3v) is 3.06. The standard InChI is InChI=1S/C11H20N2O3/c1-2-3-7-12-9(14)8-13-11(10(15)16)5-4-6-11/h13H,2-8H2,1H3,(H,12,14)(H,15,16). The summed E-state index contributed by atoms with van der Waals surface area (Å²) in [6, 6.07) is 0. The summed E-state index contributed by atoms with van der Waals surface area (Å²) in [6.45, 7) is 2.81. The largest absolute Gasteiger partial charge is 0.480 e. The number of carbonyl (C=O) groups excluding carboxylic acids is 1. The van der Waals surface area contributed by atoms with Crippen LogP contribution in [0.2, 0.25) is 0 Å². The van der Waals surface area contributed by atoms with Gasteiger partial charge in [-0.3, -0.25) is 14.9 Å². The minimum Gasteiger partial charge on any atom is -0.480 e. The number of carbonyl (C=O) groups is 2. The van der Waals surface area contributed by atoms with Crippen molar-refractivity contribution in [2.24, 2.45) is 0 Å². The molecule has 0 bridgehead atoms. The van der Waals surface area contributed by atoms with E-state index in [1.165, 1.54) is 0 Å². The summed E-state index contributed by atoms with van der Waals surface area (Å²) in [5.41, 5.74) is -0.845. The second-order valence-electron chi connectivity index (χ2n) is 4.30. The highest BCUT2D eigenvalue weighted by Crippen LogP contribution is 2.31. The van der Waals surface area contributed by atoms with E-state index in [0.717, 1.165) is 19.3 Å². The zero-order chi connectivity index (χ0) is 12.0. The van der Waals surface area contributed by atoms with Crippen molar-refractivity contribution >= 4 is 11.9 Å². The van der Waals surface area contributed by atoms with Gasteiger partial charge in [0, 0.05) is 6.54 Å². The van der Waals surface area contributed by atoms with Gasteiger partial charge >= 0.3 is 5.97 Å². The molecule has 0 aliphatic heterocycles. The topological polar surface area (TPSA) is 78.4 Å². The van der Waals surface area contributed by atoms with Crippen LogP contribution in [0.1, 0.15) is 39.0 Å². The molecule has 1 amide bonds. The van der Waals surface area contributed by atoms with Crippen LogP contribution in [0.3, 0.4) is 0 Å². The summed E-state index contributed by atoms with van der Waals surface area (Å²) in [6.07, 6.45) is 4.13. The molecule has 0 aromatic rings. The van der Waals surface area contributed by atoms with Crippen molar-refractivity contribution in [3.8, 4) is 0 Å². The van der Waals surface area contributed by atoms with Gasteiger partial charge in [-0.05, 0) is 25.7 Å². The minimum atomic E-state index is -0.847. The van der Waals surface area contributed by atoms with Gasteiger partial charge in [-0.15, -0.1) is 0 Å². The fraction of sp³-hybridized carbons (Fsp3) is 0.818. The summed E-state index contributed by atoms with van der Waals surface area (Å²) < 4.78 is 0. The summed E-state index contributed by atoms with van der Waals surface area (Å²) in [7, 11) is 0. The average Bonchev–Trinajstić information content (AvgIpc) is 2.16. The van der Waals surface area contributed by atoms with Crippen molar-refractivity contribution in [1.29, 1.82) is 0 Å². The molecule has 5 nitrogen and oxygen atoms in total. The lowest BCUT2D eigenvalue weighted by molar-refractivity contribution is -0.148. The molecule has 0 unspecified atom stereocenters. The van der Waals surface area contributed by atoms with Gasteiger partial charge in [0.05, 0.1) is 6.54 Å². The number of hydrogen-bond acceptors (Lipinski definition) is 3. The minimum absolute atomic E-state index is 0.0933. The number of rotatable bonds is 7. The highest BCUT2D eigenvalue weighted by molar-refractivity contribution is 5.82. The predicted octanol–water partition coefficient (Wildman–Crippen LogP) is 0.500. The van der Waals surface area contributed by atoms with E-state index in [4.69, 9.17) is 5.11 Å². The molecular weight excluding hydrogens is 208 g/mol. The highest BCUT2D eigenvalue weighted by Gasteiger charge is 2.44. The molecule has 0 heterocycles. The Hall–Kier alpha value is -1.10. The molecule has 5 heteroatoms. The van der Waals surface area contributed by atoms with E-state index >= 15 is 0 Å². The Bertz CT molecular complexity index is 262. The number of carboxylic acid groups (broad SMARTS) is 1. The first-order chi connectivity index (χ1) is 7.60. The summed E-state index contributed by atoms with van der Waals surface area (Å²) in [5, 5.41) is 14.6. The van der Waals surface area contributed by atoms with E-state index < -0.39 is 11.5 Å². The lowest BCUT2D eigenvalue weighted by atomic mass is 9.77. The Kier molecular flexibility index (Phi) is 4.73. The Labute approximate surface area is 95.6 Å². The van der Waals surface area contributed by atoms with E-state index in [1.807, 2.05) is 0 Å². The number of aliphatic carboxylic acids is 1. The molecule has 0 aromatic heterocycles. The lowest BCUT2D eigenvalue weighted by Crippen LogP contribution is -2.59. The normalized spacial score (nSPS) is 17.6. The van der Waals surface area contributed by atoms with Gasteiger partial charge in [-0.1, -0.05) is 13.3 Å². The third-order valence-electron chi connectivity index (χ3n) is 3.06. The molecular formula is C11H20N2O3. The number of nitrogens with one attached hydrogen (secondary N) is 2. The molecule has 1 rings (SSSR count). The van der Waals surface area contributed by atoms with Crippen LogP contribution in [-0.4, -0.2) is 35.6 Å². The SMILES string of the molecule is CCCCNC(=O)CNC1(C(=O)O)CCC1. The van der Waals surface area contributed by atoms with E-state index in [-0.39, 0.29) is 12.5 Å². The summed E-state index contributed by atoms with van der Waals surface area (Å²) >= 11 is 0. The first kappa shape index (κ1) is 13.0. The van der Waals surface area contributed by atoms with E-state index in [0.29, 0.717) is 19.4 Å². The van der Waals surface area contributed by atoms with E-state index in [1.54, 1.807) is 0 Å². The van der Waals surface area contributed by atoms with Crippen molar-refractivity contribution in [2.45, 2.75) is 44.6 Å². The van der Waals surface area contributed by atoms with Crippen molar-refractivity contribution in [1.82, 2.24) is 10.6 Å². The molecule has 1 saturated carbocycles. The molecule has 1 fully saturated rings. The summed E-state index contributed by atoms with van der Waals surface area (Å²) in [4.78, 5) is 22.3. The second kappa shape index (κ2) is 5.84. The fourth-order valence-corrected chi connectivity index (χ4v) is 1.71. The monoisotopic (exact) mass is 228 g/mol. The van der Waals surface area contributed by atoms with Crippen molar-refractivity contribution in [3.05, 3.63) is 0 Å². The molecule has 0 atom stereocenters. The highest BCUT2D eigenvalue weighted by atomic mass is 16.4. The molecule has 1 aliphatic carbocycles. The van der Waals surface area contributed by atoms with Crippen LogP contribution in [-0.2, 0) is 9.59 Å². The van der Waals surface area contributed by atoms with Gasteiger partial charge in [0.25, 0.3) is 0 Å². The molecule has 0 saturated heterocycles.